The van der Waals surface area contributed by atoms with Gasteiger partial charge in [-0.2, -0.15) is 0 Å². The number of carbonyl (C=O) groups is 1. The summed E-state index contributed by atoms with van der Waals surface area (Å²) in [5.74, 6) is -0.799. The third kappa shape index (κ3) is 1.47. The van der Waals surface area contributed by atoms with E-state index < -0.39 is 11.0 Å². The Morgan fingerprint density at radius 3 is 2.42 bits per heavy atom. The second-order valence-electron chi connectivity index (χ2n) is 2.07. The summed E-state index contributed by atoms with van der Waals surface area (Å²) in [7, 11) is 0. The molecule has 1 aromatic carbocycles. The molecule has 0 aliphatic carbocycles. The van der Waals surface area contributed by atoms with Crippen molar-refractivity contribution in [1.82, 2.24) is 0 Å². The summed E-state index contributed by atoms with van der Waals surface area (Å²) < 4.78 is 0. The molecule has 0 spiro atoms. The van der Waals surface area contributed by atoms with Gasteiger partial charge in [0.1, 0.15) is 16.5 Å². The van der Waals surface area contributed by atoms with Crippen molar-refractivity contribution in [2.24, 2.45) is 0 Å². The molecule has 0 radical (unpaired) electrons. The van der Waals surface area contributed by atoms with Gasteiger partial charge in [0.25, 0.3) is 5.24 Å². The normalized spacial score (nSPS) is 9.83. The SMILES string of the molecule is O=C(Cl)c1ccc(O)c(Cl)c1O. The van der Waals surface area contributed by atoms with E-state index >= 15 is 0 Å². The molecule has 0 bridgehead atoms. The van der Waals surface area contributed by atoms with Crippen molar-refractivity contribution in [2.45, 2.75) is 0 Å². The summed E-state index contributed by atoms with van der Waals surface area (Å²) in [6.45, 7) is 0. The molecule has 64 valence electrons. The first kappa shape index (κ1) is 9.16. The minimum absolute atomic E-state index is 0.125. The Hall–Kier alpha value is -0.930. The number of hydrogen-bond acceptors (Lipinski definition) is 3. The second kappa shape index (κ2) is 3.21. The van der Waals surface area contributed by atoms with Crippen molar-refractivity contribution >= 4 is 28.4 Å². The van der Waals surface area contributed by atoms with Crippen molar-refractivity contribution in [3.05, 3.63) is 22.7 Å². The molecule has 0 aliphatic rings. The lowest BCUT2D eigenvalue weighted by Gasteiger charge is -2.02. The van der Waals surface area contributed by atoms with Gasteiger partial charge in [-0.15, -0.1) is 0 Å². The molecule has 3 nitrogen and oxygen atoms in total. The highest BCUT2D eigenvalue weighted by molar-refractivity contribution is 6.68. The van der Waals surface area contributed by atoms with Crippen LogP contribution in [0.5, 0.6) is 11.5 Å². The zero-order valence-corrected chi connectivity index (χ0v) is 7.23. The molecule has 0 fully saturated rings. The Morgan fingerprint density at radius 1 is 1.33 bits per heavy atom. The molecule has 12 heavy (non-hydrogen) atoms. The van der Waals surface area contributed by atoms with Crippen LogP contribution in [0.1, 0.15) is 10.4 Å². The fourth-order valence-electron chi connectivity index (χ4n) is 0.713. The maximum atomic E-state index is 10.6. The van der Waals surface area contributed by atoms with E-state index in [-0.39, 0.29) is 16.3 Å². The van der Waals surface area contributed by atoms with Crippen LogP contribution in [0.25, 0.3) is 0 Å². The molecule has 0 aliphatic heterocycles. The zero-order chi connectivity index (χ0) is 9.30. The predicted molar refractivity (Wildman–Crippen MR) is 45.0 cm³/mol. The van der Waals surface area contributed by atoms with Crippen LogP contribution in [-0.4, -0.2) is 15.5 Å². The van der Waals surface area contributed by atoms with Crippen molar-refractivity contribution < 1.29 is 15.0 Å². The number of halogens is 2. The van der Waals surface area contributed by atoms with Gasteiger partial charge >= 0.3 is 0 Å². The molecule has 0 saturated heterocycles. The van der Waals surface area contributed by atoms with Gasteiger partial charge in [0, 0.05) is 0 Å². The summed E-state index contributed by atoms with van der Waals surface area (Å²) in [6.07, 6.45) is 0. The molecule has 0 amide bonds. The largest absolute Gasteiger partial charge is 0.506 e. The fraction of sp³-hybridized carbons (Fsp3) is 0. The molecule has 0 aromatic heterocycles. The van der Waals surface area contributed by atoms with Gasteiger partial charge in [0.15, 0.2) is 0 Å². The molecule has 1 rings (SSSR count). The van der Waals surface area contributed by atoms with Gasteiger partial charge < -0.3 is 10.2 Å². The van der Waals surface area contributed by atoms with Gasteiger partial charge in [-0.1, -0.05) is 11.6 Å². The van der Waals surface area contributed by atoms with E-state index in [0.29, 0.717) is 0 Å². The Balaban J connectivity index is 3.36. The average molecular weight is 207 g/mol. The smallest absolute Gasteiger partial charge is 0.256 e. The van der Waals surface area contributed by atoms with E-state index in [9.17, 15) is 4.79 Å². The number of phenolic OH excluding ortho intramolecular Hbond substituents is 2. The van der Waals surface area contributed by atoms with Crippen LogP contribution in [0.2, 0.25) is 5.02 Å². The highest BCUT2D eigenvalue weighted by atomic mass is 35.5. The molecule has 2 N–H and O–H groups in total. The third-order valence-electron chi connectivity index (χ3n) is 1.31. The van der Waals surface area contributed by atoms with Gasteiger partial charge in [-0.3, -0.25) is 4.79 Å². The molecular weight excluding hydrogens is 203 g/mol. The minimum atomic E-state index is -0.825. The van der Waals surface area contributed by atoms with Crippen LogP contribution in [0, 0.1) is 0 Å². The van der Waals surface area contributed by atoms with Gasteiger partial charge in [0.05, 0.1) is 5.56 Å². The van der Waals surface area contributed by atoms with Gasteiger partial charge in [0.2, 0.25) is 0 Å². The summed E-state index contributed by atoms with van der Waals surface area (Å²) in [4.78, 5) is 10.6. The predicted octanol–water partition coefficient (Wildman–Crippen LogP) is 2.13. The summed E-state index contributed by atoms with van der Waals surface area (Å²) in [5, 5.41) is 17.0. The van der Waals surface area contributed by atoms with Gasteiger partial charge in [-0.05, 0) is 23.7 Å². The lowest BCUT2D eigenvalue weighted by Crippen LogP contribution is -1.89. The standard InChI is InChI=1S/C7H4Cl2O3/c8-5-4(10)2-1-3(6(5)11)7(9)12/h1-2,10-11H. The number of aromatic hydroxyl groups is 2. The van der Waals surface area contributed by atoms with Crippen LogP contribution >= 0.6 is 23.2 Å². The topological polar surface area (TPSA) is 57.5 Å². The van der Waals surface area contributed by atoms with Crippen LogP contribution < -0.4 is 0 Å². The summed E-state index contributed by atoms with van der Waals surface area (Å²) >= 11 is 10.5. The van der Waals surface area contributed by atoms with E-state index in [4.69, 9.17) is 33.4 Å². The quantitative estimate of drug-likeness (QED) is 0.693. The van der Waals surface area contributed by atoms with Crippen LogP contribution in [0.3, 0.4) is 0 Å². The van der Waals surface area contributed by atoms with Crippen molar-refractivity contribution in [1.29, 1.82) is 0 Å². The minimum Gasteiger partial charge on any atom is -0.506 e. The first-order valence-electron chi connectivity index (χ1n) is 2.94. The average Bonchev–Trinajstić information content (AvgIpc) is 2.00. The Kier molecular flexibility index (Phi) is 2.45. The molecular formula is C7H4Cl2O3. The van der Waals surface area contributed by atoms with E-state index in [1.807, 2.05) is 0 Å². The van der Waals surface area contributed by atoms with Crippen molar-refractivity contribution in [2.75, 3.05) is 0 Å². The summed E-state index contributed by atoms with van der Waals surface area (Å²) in [6, 6.07) is 2.36. The van der Waals surface area contributed by atoms with Crippen molar-refractivity contribution in [3.63, 3.8) is 0 Å². The Bertz CT molecular complexity index is 336. The van der Waals surface area contributed by atoms with Crippen LogP contribution in [-0.2, 0) is 0 Å². The highest BCUT2D eigenvalue weighted by Gasteiger charge is 2.13. The molecule has 0 heterocycles. The second-order valence-corrected chi connectivity index (χ2v) is 2.79. The summed E-state index contributed by atoms with van der Waals surface area (Å²) in [5.41, 5.74) is -0.125. The Morgan fingerprint density at radius 2 is 1.92 bits per heavy atom. The fourth-order valence-corrected chi connectivity index (χ4v) is 1.03. The van der Waals surface area contributed by atoms with Crippen molar-refractivity contribution in [3.8, 4) is 11.5 Å². The van der Waals surface area contributed by atoms with Gasteiger partial charge in [-0.25, -0.2) is 0 Å². The third-order valence-corrected chi connectivity index (χ3v) is 1.88. The first-order valence-corrected chi connectivity index (χ1v) is 3.70. The zero-order valence-electron chi connectivity index (χ0n) is 5.71. The van der Waals surface area contributed by atoms with E-state index in [0.717, 1.165) is 0 Å². The lowest BCUT2D eigenvalue weighted by atomic mass is 10.2. The van der Waals surface area contributed by atoms with E-state index in [1.54, 1.807) is 0 Å². The number of benzene rings is 1. The van der Waals surface area contributed by atoms with Crippen LogP contribution in [0.4, 0.5) is 0 Å². The van der Waals surface area contributed by atoms with E-state index in [1.165, 1.54) is 12.1 Å². The maximum absolute atomic E-state index is 10.6. The number of hydrogen-bond donors (Lipinski definition) is 2. The van der Waals surface area contributed by atoms with Crippen LogP contribution in [0.15, 0.2) is 12.1 Å². The number of carbonyl (C=O) groups excluding carboxylic acids is 1. The Labute approximate surface area is 78.2 Å². The molecule has 0 saturated carbocycles. The number of phenols is 2. The van der Waals surface area contributed by atoms with E-state index in [2.05, 4.69) is 0 Å². The molecule has 5 heteroatoms. The molecule has 0 unspecified atom stereocenters. The first-order chi connectivity index (χ1) is 5.54. The maximum Gasteiger partial charge on any atom is 0.256 e. The lowest BCUT2D eigenvalue weighted by molar-refractivity contribution is 0.107. The molecule has 1 aromatic rings. The molecule has 0 atom stereocenters. The monoisotopic (exact) mass is 206 g/mol. The number of rotatable bonds is 1. The highest BCUT2D eigenvalue weighted by Crippen LogP contribution is 2.35.